The molecule has 1 N–H and O–H groups in total. The molecule has 0 bridgehead atoms. The molecule has 7 heteroatoms. The first-order chi connectivity index (χ1) is 11.5. The van der Waals surface area contributed by atoms with E-state index in [2.05, 4.69) is 10.5 Å². The van der Waals surface area contributed by atoms with Crippen LogP contribution in [0.2, 0.25) is 0 Å². The third kappa shape index (κ3) is 4.91. The molecule has 24 heavy (non-hydrogen) atoms. The highest BCUT2D eigenvalue weighted by Crippen LogP contribution is 2.13. The van der Waals surface area contributed by atoms with Gasteiger partial charge in [-0.15, -0.1) is 0 Å². The van der Waals surface area contributed by atoms with Crippen molar-refractivity contribution in [2.24, 2.45) is 5.10 Å². The molecule has 2 rings (SSSR count). The summed E-state index contributed by atoms with van der Waals surface area (Å²) in [5.74, 6) is 0.212. The van der Waals surface area contributed by atoms with Gasteiger partial charge < -0.3 is 4.74 Å². The molecule has 2 aromatic rings. The summed E-state index contributed by atoms with van der Waals surface area (Å²) in [5, 5.41) is 14.6. The first kappa shape index (κ1) is 17.1. The monoisotopic (exact) mass is 327 g/mol. The second-order valence-electron chi connectivity index (χ2n) is 5.14. The molecular weight excluding hydrogens is 310 g/mol. The second kappa shape index (κ2) is 7.87. The second-order valence-corrected chi connectivity index (χ2v) is 5.14. The van der Waals surface area contributed by atoms with Gasteiger partial charge in [0.1, 0.15) is 5.75 Å². The zero-order valence-corrected chi connectivity index (χ0v) is 13.4. The Morgan fingerprint density at radius 2 is 1.79 bits per heavy atom. The zero-order chi connectivity index (χ0) is 17.5. The fraction of sp³-hybridized carbons (Fsp3) is 0.176. The van der Waals surface area contributed by atoms with E-state index in [9.17, 15) is 14.9 Å². The number of ether oxygens (including phenoxy) is 1. The number of benzene rings is 2. The molecule has 0 fully saturated rings. The van der Waals surface area contributed by atoms with E-state index >= 15 is 0 Å². The van der Waals surface area contributed by atoms with Crippen molar-refractivity contribution in [1.82, 2.24) is 5.43 Å². The molecule has 0 aromatic heterocycles. The Kier molecular flexibility index (Phi) is 5.62. The van der Waals surface area contributed by atoms with Crippen molar-refractivity contribution in [3.63, 3.8) is 0 Å². The number of carbonyl (C=O) groups is 1. The Hall–Kier alpha value is -3.22. The van der Waals surface area contributed by atoms with E-state index in [-0.39, 0.29) is 12.3 Å². The quantitative estimate of drug-likeness (QED) is 0.501. The molecule has 0 heterocycles. The number of nitro groups is 1. The highest BCUT2D eigenvalue weighted by Gasteiger charge is 2.06. The molecule has 7 nitrogen and oxygen atoms in total. The molecule has 0 unspecified atom stereocenters. The number of aryl methyl sites for hydroxylation is 1. The largest absolute Gasteiger partial charge is 0.484 e. The summed E-state index contributed by atoms with van der Waals surface area (Å²) >= 11 is 0. The van der Waals surface area contributed by atoms with Crippen LogP contribution < -0.4 is 10.2 Å². The van der Waals surface area contributed by atoms with Crippen LogP contribution in [0.1, 0.15) is 18.1 Å². The van der Waals surface area contributed by atoms with Crippen molar-refractivity contribution >= 4 is 17.3 Å². The Morgan fingerprint density at radius 1 is 1.17 bits per heavy atom. The Morgan fingerprint density at radius 3 is 2.38 bits per heavy atom. The molecule has 0 saturated heterocycles. The first-order valence-corrected chi connectivity index (χ1v) is 7.23. The average molecular weight is 327 g/mol. The van der Waals surface area contributed by atoms with Gasteiger partial charge in [0.2, 0.25) is 0 Å². The zero-order valence-electron chi connectivity index (χ0n) is 13.4. The minimum atomic E-state index is -0.472. The van der Waals surface area contributed by atoms with Crippen LogP contribution in [0.4, 0.5) is 5.69 Å². The van der Waals surface area contributed by atoms with E-state index in [0.29, 0.717) is 17.0 Å². The lowest BCUT2D eigenvalue weighted by molar-refractivity contribution is -0.384. The van der Waals surface area contributed by atoms with Crippen molar-refractivity contribution < 1.29 is 14.5 Å². The van der Waals surface area contributed by atoms with Gasteiger partial charge in [0.05, 0.1) is 10.6 Å². The van der Waals surface area contributed by atoms with E-state index in [0.717, 1.165) is 5.56 Å². The normalized spacial score (nSPS) is 11.0. The van der Waals surface area contributed by atoms with Gasteiger partial charge in [0, 0.05) is 12.1 Å². The number of hydrogen-bond donors (Lipinski definition) is 1. The standard InChI is InChI=1S/C17H17N3O4/c1-12-3-9-16(10-4-12)24-11-17(21)19-18-13(2)14-5-7-15(8-6-14)20(22)23/h3-10H,11H2,1-2H3,(H,19,21). The Bertz CT molecular complexity index is 752. The Balaban J connectivity index is 1.87. The summed E-state index contributed by atoms with van der Waals surface area (Å²) < 4.78 is 5.35. The summed E-state index contributed by atoms with van der Waals surface area (Å²) in [5.41, 5.74) is 4.72. The van der Waals surface area contributed by atoms with Crippen molar-refractivity contribution in [1.29, 1.82) is 0 Å². The third-order valence-corrected chi connectivity index (χ3v) is 3.24. The van der Waals surface area contributed by atoms with Crippen LogP contribution in [0.3, 0.4) is 0 Å². The van der Waals surface area contributed by atoms with E-state index in [1.807, 2.05) is 19.1 Å². The SMILES string of the molecule is CC(=NNC(=O)COc1ccc(C)cc1)c1ccc([N+](=O)[O-])cc1. The molecule has 0 aliphatic heterocycles. The van der Waals surface area contributed by atoms with Crippen LogP contribution in [0.5, 0.6) is 5.75 Å². The van der Waals surface area contributed by atoms with Crippen LogP contribution in [0.15, 0.2) is 53.6 Å². The van der Waals surface area contributed by atoms with Gasteiger partial charge in [0.25, 0.3) is 11.6 Å². The number of nitrogens with one attached hydrogen (secondary N) is 1. The number of amides is 1. The summed E-state index contributed by atoms with van der Waals surface area (Å²) in [6.07, 6.45) is 0. The number of hydrogen-bond acceptors (Lipinski definition) is 5. The number of non-ortho nitro benzene ring substituents is 1. The van der Waals surface area contributed by atoms with E-state index in [4.69, 9.17) is 4.74 Å². The molecule has 0 aliphatic carbocycles. The average Bonchev–Trinajstić information content (AvgIpc) is 2.59. The smallest absolute Gasteiger partial charge is 0.277 e. The molecular formula is C17H17N3O4. The number of nitro benzene ring substituents is 1. The lowest BCUT2D eigenvalue weighted by atomic mass is 10.1. The maximum atomic E-state index is 11.7. The maximum absolute atomic E-state index is 11.7. The number of nitrogens with zero attached hydrogens (tertiary/aromatic N) is 2. The van der Waals surface area contributed by atoms with Gasteiger partial charge in [0.15, 0.2) is 6.61 Å². The van der Waals surface area contributed by atoms with Gasteiger partial charge >= 0.3 is 0 Å². The predicted octanol–water partition coefficient (Wildman–Crippen LogP) is 2.82. The van der Waals surface area contributed by atoms with Crippen LogP contribution in [-0.2, 0) is 4.79 Å². The highest BCUT2D eigenvalue weighted by molar-refractivity contribution is 5.99. The van der Waals surface area contributed by atoms with Crippen LogP contribution in [0, 0.1) is 17.0 Å². The molecule has 0 spiro atoms. The van der Waals surface area contributed by atoms with Crippen LogP contribution in [-0.4, -0.2) is 23.1 Å². The fourth-order valence-electron chi connectivity index (χ4n) is 1.85. The topological polar surface area (TPSA) is 93.8 Å². The molecule has 0 saturated carbocycles. The third-order valence-electron chi connectivity index (χ3n) is 3.24. The van der Waals surface area contributed by atoms with E-state index in [1.54, 1.807) is 31.2 Å². The van der Waals surface area contributed by atoms with Gasteiger partial charge in [-0.25, -0.2) is 5.43 Å². The van der Waals surface area contributed by atoms with E-state index < -0.39 is 10.8 Å². The summed E-state index contributed by atoms with van der Waals surface area (Å²) in [6.45, 7) is 3.51. The predicted molar refractivity (Wildman–Crippen MR) is 90.1 cm³/mol. The van der Waals surface area contributed by atoms with Crippen molar-refractivity contribution in [3.05, 3.63) is 69.8 Å². The van der Waals surface area contributed by atoms with Crippen molar-refractivity contribution in [2.75, 3.05) is 6.61 Å². The maximum Gasteiger partial charge on any atom is 0.277 e. The highest BCUT2D eigenvalue weighted by atomic mass is 16.6. The van der Waals surface area contributed by atoms with Gasteiger partial charge in [-0.3, -0.25) is 14.9 Å². The minimum Gasteiger partial charge on any atom is -0.484 e. The lowest BCUT2D eigenvalue weighted by Crippen LogP contribution is -2.25. The molecule has 0 radical (unpaired) electrons. The first-order valence-electron chi connectivity index (χ1n) is 7.23. The van der Waals surface area contributed by atoms with Crippen molar-refractivity contribution in [2.45, 2.75) is 13.8 Å². The minimum absolute atomic E-state index is 0.00193. The molecule has 0 aliphatic rings. The number of carbonyl (C=O) groups excluding carboxylic acids is 1. The van der Waals surface area contributed by atoms with Crippen molar-refractivity contribution in [3.8, 4) is 5.75 Å². The number of hydrazone groups is 1. The fourth-order valence-corrected chi connectivity index (χ4v) is 1.85. The molecule has 1 amide bonds. The van der Waals surface area contributed by atoms with Crippen LogP contribution >= 0.6 is 0 Å². The van der Waals surface area contributed by atoms with Crippen LogP contribution in [0.25, 0.3) is 0 Å². The lowest BCUT2D eigenvalue weighted by Gasteiger charge is -2.06. The molecule has 0 atom stereocenters. The van der Waals surface area contributed by atoms with Gasteiger partial charge in [-0.1, -0.05) is 17.7 Å². The molecule has 124 valence electrons. The Labute approximate surface area is 139 Å². The molecule has 2 aromatic carbocycles. The van der Waals surface area contributed by atoms with Gasteiger partial charge in [-0.05, 0) is 43.7 Å². The van der Waals surface area contributed by atoms with Gasteiger partial charge in [-0.2, -0.15) is 5.10 Å². The summed E-state index contributed by atoms with van der Waals surface area (Å²) in [7, 11) is 0. The summed E-state index contributed by atoms with van der Waals surface area (Å²) in [4.78, 5) is 21.9. The number of rotatable bonds is 6. The van der Waals surface area contributed by atoms with E-state index in [1.165, 1.54) is 12.1 Å². The summed E-state index contributed by atoms with van der Waals surface area (Å²) in [6, 6.07) is 13.3.